The smallest absolute Gasteiger partial charge is 0.282 e. The van der Waals surface area contributed by atoms with Gasteiger partial charge in [0, 0.05) is 18.7 Å². The number of para-hydroxylation sites is 1. The number of hydrogen-bond donors (Lipinski definition) is 3. The first-order valence-corrected chi connectivity index (χ1v) is 9.62. The molecule has 7 nitrogen and oxygen atoms in total. The van der Waals surface area contributed by atoms with Crippen molar-refractivity contribution >= 4 is 40.2 Å². The molecule has 1 aliphatic rings. The van der Waals surface area contributed by atoms with Crippen molar-refractivity contribution in [3.8, 4) is 0 Å². The maximum Gasteiger partial charge on any atom is 0.282 e. The molecule has 0 spiro atoms. The fraction of sp³-hybridized carbons (Fsp3) is 0.200. The highest BCUT2D eigenvalue weighted by molar-refractivity contribution is 8.16. The Labute approximate surface area is 167 Å². The molecule has 0 saturated carbocycles. The van der Waals surface area contributed by atoms with E-state index in [-0.39, 0.29) is 17.4 Å². The lowest BCUT2D eigenvalue weighted by atomic mass is 10.2. The van der Waals surface area contributed by atoms with E-state index in [2.05, 4.69) is 21.2 Å². The van der Waals surface area contributed by atoms with Crippen LogP contribution in [0.5, 0.6) is 0 Å². The van der Waals surface area contributed by atoms with Crippen molar-refractivity contribution in [2.45, 2.75) is 25.1 Å². The molecular formula is C20H20N4O3S. The number of thioether (sulfide) groups is 1. The fourth-order valence-electron chi connectivity index (χ4n) is 2.56. The first-order valence-electron chi connectivity index (χ1n) is 8.75. The van der Waals surface area contributed by atoms with Crippen LogP contribution in [-0.2, 0) is 20.9 Å². The van der Waals surface area contributed by atoms with Gasteiger partial charge >= 0.3 is 0 Å². The minimum Gasteiger partial charge on any atom is -0.352 e. The molecule has 0 aliphatic carbocycles. The van der Waals surface area contributed by atoms with Crippen LogP contribution < -0.4 is 16.1 Å². The van der Waals surface area contributed by atoms with E-state index in [1.807, 2.05) is 55.5 Å². The van der Waals surface area contributed by atoms with Crippen molar-refractivity contribution in [2.75, 3.05) is 5.32 Å². The van der Waals surface area contributed by atoms with Gasteiger partial charge in [-0.25, -0.2) is 5.43 Å². The van der Waals surface area contributed by atoms with Gasteiger partial charge in [-0.15, -0.1) is 0 Å². The molecule has 144 valence electrons. The molecule has 28 heavy (non-hydrogen) atoms. The molecule has 0 aromatic heterocycles. The third-order valence-electron chi connectivity index (χ3n) is 4.10. The summed E-state index contributed by atoms with van der Waals surface area (Å²) in [7, 11) is 0. The van der Waals surface area contributed by atoms with E-state index in [4.69, 9.17) is 0 Å². The van der Waals surface area contributed by atoms with Crippen molar-refractivity contribution in [1.82, 2.24) is 10.7 Å². The molecule has 0 radical (unpaired) electrons. The van der Waals surface area contributed by atoms with Crippen molar-refractivity contribution in [2.24, 2.45) is 5.10 Å². The topological polar surface area (TPSA) is 99.7 Å². The maximum atomic E-state index is 12.5. The zero-order valence-electron chi connectivity index (χ0n) is 15.3. The van der Waals surface area contributed by atoms with Crippen LogP contribution >= 0.6 is 11.8 Å². The van der Waals surface area contributed by atoms with Crippen molar-refractivity contribution in [3.05, 3.63) is 65.7 Å². The Balaban J connectivity index is 1.56. The predicted octanol–water partition coefficient (Wildman–Crippen LogP) is 2.19. The van der Waals surface area contributed by atoms with Gasteiger partial charge in [0.2, 0.25) is 5.91 Å². The average Bonchev–Trinajstić information content (AvgIpc) is 2.70. The van der Waals surface area contributed by atoms with Gasteiger partial charge in [-0.3, -0.25) is 14.4 Å². The first-order chi connectivity index (χ1) is 13.5. The number of carbonyl (C=O) groups excluding carboxylic acids is 3. The largest absolute Gasteiger partial charge is 0.352 e. The third kappa shape index (κ3) is 5.20. The summed E-state index contributed by atoms with van der Waals surface area (Å²) < 4.78 is 0. The normalized spacial score (nSPS) is 16.0. The highest BCUT2D eigenvalue weighted by atomic mass is 32.2. The summed E-state index contributed by atoms with van der Waals surface area (Å²) in [4.78, 5) is 36.7. The Hall–Kier alpha value is -3.13. The summed E-state index contributed by atoms with van der Waals surface area (Å²) >= 11 is 0.988. The van der Waals surface area contributed by atoms with Crippen molar-refractivity contribution in [1.29, 1.82) is 0 Å². The molecule has 2 aromatic rings. The summed E-state index contributed by atoms with van der Waals surface area (Å²) in [6, 6.07) is 16.9. The number of anilines is 1. The van der Waals surface area contributed by atoms with Crippen LogP contribution in [0.1, 0.15) is 17.5 Å². The average molecular weight is 396 g/mol. The Morgan fingerprint density at radius 2 is 1.82 bits per heavy atom. The highest BCUT2D eigenvalue weighted by Gasteiger charge is 2.31. The standard InChI is InChI=1S/C20H20N4O3S/c1-13-7-5-6-10-15(13)22-19(27)20-24-23-18(26)16(28-20)11-17(25)21-12-14-8-3-2-4-9-14/h2-10,16H,11-12H2,1H3,(H,21,25)(H,22,27)(H,23,26). The lowest BCUT2D eigenvalue weighted by Crippen LogP contribution is -2.41. The van der Waals surface area contributed by atoms with E-state index in [0.717, 1.165) is 22.9 Å². The second-order valence-corrected chi connectivity index (χ2v) is 7.43. The summed E-state index contributed by atoms with van der Waals surface area (Å²) in [5, 5.41) is 8.78. The molecule has 1 atom stereocenters. The number of rotatable bonds is 6. The lowest BCUT2D eigenvalue weighted by molar-refractivity contribution is -0.126. The Bertz CT molecular complexity index is 915. The van der Waals surface area contributed by atoms with Gasteiger partial charge in [0.1, 0.15) is 5.25 Å². The highest BCUT2D eigenvalue weighted by Crippen LogP contribution is 2.22. The summed E-state index contributed by atoms with van der Waals surface area (Å²) in [5.74, 6) is -1.08. The van der Waals surface area contributed by atoms with Gasteiger partial charge in [-0.1, -0.05) is 60.3 Å². The van der Waals surface area contributed by atoms with Crippen LogP contribution in [0, 0.1) is 6.92 Å². The lowest BCUT2D eigenvalue weighted by Gasteiger charge is -2.20. The van der Waals surface area contributed by atoms with E-state index in [1.54, 1.807) is 6.07 Å². The summed E-state index contributed by atoms with van der Waals surface area (Å²) in [6.45, 7) is 2.26. The third-order valence-corrected chi connectivity index (χ3v) is 5.27. The number of benzene rings is 2. The number of carbonyl (C=O) groups is 3. The molecule has 1 unspecified atom stereocenters. The van der Waals surface area contributed by atoms with Crippen LogP contribution in [0.4, 0.5) is 5.69 Å². The molecule has 3 rings (SSSR count). The maximum absolute atomic E-state index is 12.5. The molecule has 0 fully saturated rings. The van der Waals surface area contributed by atoms with Gasteiger partial charge in [0.05, 0.1) is 0 Å². The molecule has 3 N–H and O–H groups in total. The summed E-state index contributed by atoms with van der Waals surface area (Å²) in [6.07, 6.45) is -0.0417. The van der Waals surface area contributed by atoms with Crippen LogP contribution in [-0.4, -0.2) is 28.0 Å². The Morgan fingerprint density at radius 3 is 2.57 bits per heavy atom. The zero-order valence-corrected chi connectivity index (χ0v) is 16.1. The zero-order chi connectivity index (χ0) is 19.9. The fourth-order valence-corrected chi connectivity index (χ4v) is 3.48. The molecule has 2 aromatic carbocycles. The second kappa shape index (κ2) is 9.18. The van der Waals surface area contributed by atoms with Gasteiger partial charge in [-0.05, 0) is 24.1 Å². The molecular weight excluding hydrogens is 376 g/mol. The van der Waals surface area contributed by atoms with E-state index in [0.29, 0.717) is 12.2 Å². The van der Waals surface area contributed by atoms with Crippen molar-refractivity contribution < 1.29 is 14.4 Å². The minimum atomic E-state index is -0.717. The van der Waals surface area contributed by atoms with Crippen LogP contribution in [0.3, 0.4) is 0 Å². The van der Waals surface area contributed by atoms with Gasteiger partial charge in [0.15, 0.2) is 5.04 Å². The SMILES string of the molecule is Cc1ccccc1NC(=O)C1=NNC(=O)C(CC(=O)NCc2ccccc2)S1. The summed E-state index contributed by atoms with van der Waals surface area (Å²) in [5.41, 5.74) is 4.89. The Kier molecular flexibility index (Phi) is 6.44. The van der Waals surface area contributed by atoms with Crippen LogP contribution in [0.25, 0.3) is 0 Å². The quantitative estimate of drug-likeness (QED) is 0.697. The molecule has 3 amide bonds. The molecule has 0 saturated heterocycles. The number of nitrogens with one attached hydrogen (secondary N) is 3. The van der Waals surface area contributed by atoms with E-state index in [1.165, 1.54) is 0 Å². The molecule has 0 bridgehead atoms. The molecule has 1 heterocycles. The number of hydrazone groups is 1. The molecule has 1 aliphatic heterocycles. The van der Waals surface area contributed by atoms with Crippen LogP contribution in [0.2, 0.25) is 0 Å². The first kappa shape index (κ1) is 19.6. The number of nitrogens with zero attached hydrogens (tertiary/aromatic N) is 1. The number of aryl methyl sites for hydroxylation is 1. The van der Waals surface area contributed by atoms with Gasteiger partial charge < -0.3 is 10.6 Å². The number of hydrogen-bond acceptors (Lipinski definition) is 5. The van der Waals surface area contributed by atoms with Gasteiger partial charge in [-0.2, -0.15) is 5.10 Å². The van der Waals surface area contributed by atoms with Gasteiger partial charge in [0.25, 0.3) is 11.8 Å². The minimum absolute atomic E-state index is 0.0417. The second-order valence-electron chi connectivity index (χ2n) is 6.24. The van der Waals surface area contributed by atoms with Crippen molar-refractivity contribution in [3.63, 3.8) is 0 Å². The van der Waals surface area contributed by atoms with E-state index in [9.17, 15) is 14.4 Å². The monoisotopic (exact) mass is 396 g/mol. The number of amides is 3. The van der Waals surface area contributed by atoms with E-state index >= 15 is 0 Å². The Morgan fingerprint density at radius 1 is 1.11 bits per heavy atom. The van der Waals surface area contributed by atoms with Crippen LogP contribution in [0.15, 0.2) is 59.7 Å². The predicted molar refractivity (Wildman–Crippen MR) is 110 cm³/mol. The van der Waals surface area contributed by atoms with E-state index < -0.39 is 17.1 Å². The molecule has 8 heteroatoms.